The molecule has 0 radical (unpaired) electrons. The lowest BCUT2D eigenvalue weighted by atomic mass is 9.90. The fourth-order valence-electron chi connectivity index (χ4n) is 2.89. The normalized spacial score (nSPS) is 10.7. The number of anilines is 1. The molecule has 0 aliphatic heterocycles. The summed E-state index contributed by atoms with van der Waals surface area (Å²) in [6, 6.07) is 21.2. The molecule has 0 unspecified atom stereocenters. The Bertz CT molecular complexity index is 960. The van der Waals surface area contributed by atoms with E-state index in [9.17, 15) is 4.79 Å². The number of hydrogen-bond donors (Lipinski definition) is 1. The predicted octanol–water partition coefficient (Wildman–Crippen LogP) is 3.43. The van der Waals surface area contributed by atoms with Gasteiger partial charge < -0.3 is 5.32 Å². The molecule has 1 amide bonds. The Morgan fingerprint density at radius 3 is 1.96 bits per heavy atom. The zero-order valence-electron chi connectivity index (χ0n) is 14.4. The third kappa shape index (κ3) is 3.74. The molecule has 0 saturated carbocycles. The van der Waals surface area contributed by atoms with E-state index < -0.39 is 5.92 Å². The van der Waals surface area contributed by atoms with Crippen LogP contribution in [-0.2, 0) is 4.79 Å². The number of aromatic nitrogens is 4. The number of rotatable bonds is 5. The Morgan fingerprint density at radius 1 is 0.852 bits per heavy atom. The number of amides is 1. The van der Waals surface area contributed by atoms with Crippen molar-refractivity contribution < 1.29 is 4.79 Å². The molecular formula is C21H17N5O. The molecule has 0 aliphatic rings. The topological polar surface area (TPSA) is 72.7 Å². The van der Waals surface area contributed by atoms with Crippen molar-refractivity contribution in [3.05, 3.63) is 103 Å². The summed E-state index contributed by atoms with van der Waals surface area (Å²) in [7, 11) is 0. The van der Waals surface area contributed by atoms with Gasteiger partial charge in [0.1, 0.15) is 0 Å². The molecule has 2 aromatic heterocycles. The molecule has 0 fully saturated rings. The molecule has 27 heavy (non-hydrogen) atoms. The number of benzene rings is 2. The van der Waals surface area contributed by atoms with Gasteiger partial charge in [-0.05, 0) is 17.2 Å². The lowest BCUT2D eigenvalue weighted by molar-refractivity contribution is -0.116. The van der Waals surface area contributed by atoms with Crippen molar-refractivity contribution in [2.75, 3.05) is 5.32 Å². The Kier molecular flexibility index (Phi) is 4.70. The van der Waals surface area contributed by atoms with E-state index in [1.807, 2.05) is 60.7 Å². The van der Waals surface area contributed by atoms with Crippen LogP contribution in [0.2, 0.25) is 0 Å². The van der Waals surface area contributed by atoms with E-state index in [1.54, 1.807) is 35.5 Å². The van der Waals surface area contributed by atoms with Crippen LogP contribution in [0.3, 0.4) is 0 Å². The molecule has 0 atom stereocenters. The van der Waals surface area contributed by atoms with Gasteiger partial charge in [-0.15, -0.1) is 0 Å². The van der Waals surface area contributed by atoms with Crippen LogP contribution in [0, 0.1) is 0 Å². The van der Waals surface area contributed by atoms with Crippen molar-refractivity contribution in [2.45, 2.75) is 5.92 Å². The second-order valence-electron chi connectivity index (χ2n) is 5.97. The van der Waals surface area contributed by atoms with E-state index in [-0.39, 0.29) is 5.91 Å². The minimum absolute atomic E-state index is 0.136. The molecule has 2 aromatic carbocycles. The van der Waals surface area contributed by atoms with Crippen molar-refractivity contribution >= 4 is 11.6 Å². The quantitative estimate of drug-likeness (QED) is 0.595. The van der Waals surface area contributed by atoms with Gasteiger partial charge in [-0.3, -0.25) is 4.79 Å². The van der Waals surface area contributed by atoms with Crippen molar-refractivity contribution in [1.29, 1.82) is 0 Å². The van der Waals surface area contributed by atoms with E-state index in [2.05, 4.69) is 20.4 Å². The summed E-state index contributed by atoms with van der Waals surface area (Å²) in [6.45, 7) is 0. The highest BCUT2D eigenvalue weighted by Crippen LogP contribution is 2.26. The van der Waals surface area contributed by atoms with E-state index in [0.717, 1.165) is 11.1 Å². The molecule has 6 nitrogen and oxygen atoms in total. The maximum atomic E-state index is 13.0. The first-order valence-corrected chi connectivity index (χ1v) is 8.54. The Morgan fingerprint density at radius 2 is 1.44 bits per heavy atom. The molecule has 132 valence electrons. The summed E-state index contributed by atoms with van der Waals surface area (Å²) in [5.74, 6) is -0.110. The highest BCUT2D eigenvalue weighted by atomic mass is 16.1. The molecule has 0 bridgehead atoms. The first-order valence-electron chi connectivity index (χ1n) is 8.54. The Hall–Kier alpha value is -3.80. The molecule has 6 heteroatoms. The second-order valence-corrected chi connectivity index (χ2v) is 5.97. The third-order valence-corrected chi connectivity index (χ3v) is 4.14. The Balaban J connectivity index is 1.59. The molecule has 2 heterocycles. The smallest absolute Gasteiger partial charge is 0.250 e. The molecule has 1 N–H and O–H groups in total. The maximum absolute atomic E-state index is 13.0. The molecule has 4 aromatic rings. The summed E-state index contributed by atoms with van der Waals surface area (Å²) in [5, 5.41) is 7.01. The standard InChI is InChI=1S/C21H17N5O/c27-20(25-18-14-22-21(23-15-18)26-13-7-12-24-26)19(16-8-3-1-4-9-16)17-10-5-2-6-11-17/h1-15,19H,(H,25,27). The van der Waals surface area contributed by atoms with Gasteiger partial charge in [-0.25, -0.2) is 14.6 Å². The second kappa shape index (κ2) is 7.61. The lowest BCUT2D eigenvalue weighted by Crippen LogP contribution is -2.22. The summed E-state index contributed by atoms with van der Waals surface area (Å²) >= 11 is 0. The SMILES string of the molecule is O=C(Nc1cnc(-n2cccn2)nc1)C(c1ccccc1)c1ccccc1. The van der Waals surface area contributed by atoms with Crippen LogP contribution >= 0.6 is 0 Å². The number of hydrogen-bond acceptors (Lipinski definition) is 4. The predicted molar refractivity (Wildman–Crippen MR) is 103 cm³/mol. The fraction of sp³-hybridized carbons (Fsp3) is 0.0476. The van der Waals surface area contributed by atoms with Crippen molar-refractivity contribution in [2.24, 2.45) is 0 Å². The summed E-state index contributed by atoms with van der Waals surface area (Å²) in [6.07, 6.45) is 6.57. The van der Waals surface area contributed by atoms with E-state index in [4.69, 9.17) is 0 Å². The van der Waals surface area contributed by atoms with Gasteiger partial charge in [0.25, 0.3) is 5.95 Å². The van der Waals surface area contributed by atoms with Crippen molar-refractivity contribution in [1.82, 2.24) is 19.7 Å². The third-order valence-electron chi connectivity index (χ3n) is 4.14. The first-order chi connectivity index (χ1) is 13.3. The van der Waals surface area contributed by atoms with Crippen LogP contribution in [0.4, 0.5) is 5.69 Å². The maximum Gasteiger partial charge on any atom is 0.250 e. The Labute approximate surface area is 156 Å². The van der Waals surface area contributed by atoms with E-state index in [0.29, 0.717) is 11.6 Å². The van der Waals surface area contributed by atoms with E-state index >= 15 is 0 Å². The fourth-order valence-corrected chi connectivity index (χ4v) is 2.89. The number of carbonyl (C=O) groups is 1. The number of nitrogens with one attached hydrogen (secondary N) is 1. The summed E-state index contributed by atoms with van der Waals surface area (Å²) in [4.78, 5) is 21.6. The number of carbonyl (C=O) groups excluding carboxylic acids is 1. The molecule has 0 saturated heterocycles. The van der Waals surface area contributed by atoms with E-state index in [1.165, 1.54) is 0 Å². The number of nitrogens with zero attached hydrogens (tertiary/aromatic N) is 4. The average molecular weight is 355 g/mol. The first kappa shape index (κ1) is 16.7. The van der Waals surface area contributed by atoms with Gasteiger partial charge in [0, 0.05) is 12.4 Å². The van der Waals surface area contributed by atoms with Gasteiger partial charge in [-0.1, -0.05) is 60.7 Å². The van der Waals surface area contributed by atoms with Crippen molar-refractivity contribution in [3.8, 4) is 5.95 Å². The average Bonchev–Trinajstić information content (AvgIpc) is 3.25. The van der Waals surface area contributed by atoms with Gasteiger partial charge >= 0.3 is 0 Å². The van der Waals surface area contributed by atoms with Crippen LogP contribution in [0.1, 0.15) is 17.0 Å². The largest absolute Gasteiger partial charge is 0.323 e. The molecule has 0 spiro atoms. The summed E-state index contributed by atoms with van der Waals surface area (Å²) in [5.41, 5.74) is 2.39. The highest BCUT2D eigenvalue weighted by molar-refractivity contribution is 5.97. The highest BCUT2D eigenvalue weighted by Gasteiger charge is 2.22. The van der Waals surface area contributed by atoms with Crippen molar-refractivity contribution in [3.63, 3.8) is 0 Å². The lowest BCUT2D eigenvalue weighted by Gasteiger charge is -2.17. The van der Waals surface area contributed by atoms with Crippen LogP contribution in [0.25, 0.3) is 5.95 Å². The molecular weight excluding hydrogens is 338 g/mol. The van der Waals surface area contributed by atoms with Gasteiger partial charge in [0.05, 0.1) is 24.0 Å². The summed E-state index contributed by atoms with van der Waals surface area (Å²) < 4.78 is 1.56. The minimum atomic E-state index is -0.418. The zero-order valence-corrected chi connectivity index (χ0v) is 14.4. The van der Waals surface area contributed by atoms with Gasteiger partial charge in [0.15, 0.2) is 0 Å². The van der Waals surface area contributed by atoms with Gasteiger partial charge in [0.2, 0.25) is 5.91 Å². The molecule has 4 rings (SSSR count). The molecule has 0 aliphatic carbocycles. The minimum Gasteiger partial charge on any atom is -0.323 e. The van der Waals surface area contributed by atoms with Crippen LogP contribution < -0.4 is 5.32 Å². The van der Waals surface area contributed by atoms with Crippen LogP contribution in [0.5, 0.6) is 0 Å². The van der Waals surface area contributed by atoms with Crippen LogP contribution in [-0.4, -0.2) is 25.7 Å². The monoisotopic (exact) mass is 355 g/mol. The van der Waals surface area contributed by atoms with Crippen LogP contribution in [0.15, 0.2) is 91.5 Å². The van der Waals surface area contributed by atoms with Gasteiger partial charge in [-0.2, -0.15) is 5.10 Å². The zero-order chi connectivity index (χ0) is 18.5.